The zero-order valence-electron chi connectivity index (χ0n) is 11.5. The van der Waals surface area contributed by atoms with Crippen molar-refractivity contribution >= 4 is 21.9 Å². The molecule has 0 aliphatic heterocycles. The molecule has 0 aromatic heterocycles. The predicted molar refractivity (Wildman–Crippen MR) is 76.4 cm³/mol. The van der Waals surface area contributed by atoms with Crippen molar-refractivity contribution in [2.24, 2.45) is 5.41 Å². The number of aliphatic carboxylic acids is 1. The molecule has 106 valence electrons. The first-order valence-corrected chi connectivity index (χ1v) is 6.74. The second-order valence-electron chi connectivity index (χ2n) is 5.25. The lowest BCUT2D eigenvalue weighted by Gasteiger charge is -2.24. The second kappa shape index (κ2) is 5.92. The van der Waals surface area contributed by atoms with E-state index in [1.165, 1.54) is 7.11 Å². The Morgan fingerprint density at radius 1 is 1.47 bits per heavy atom. The van der Waals surface area contributed by atoms with Crippen molar-refractivity contribution in [3.63, 3.8) is 0 Å². The first kappa shape index (κ1) is 16.0. The molecule has 1 aromatic rings. The summed E-state index contributed by atoms with van der Waals surface area (Å²) in [5.74, 6) is -0.369. The predicted octanol–water partition coefficient (Wildman–Crippen LogP) is 3.30. The number of carbonyl (C=O) groups is 1. The van der Waals surface area contributed by atoms with Gasteiger partial charge in [-0.15, -0.1) is 0 Å². The summed E-state index contributed by atoms with van der Waals surface area (Å²) >= 11 is 3.40. The summed E-state index contributed by atoms with van der Waals surface area (Å²) in [6.07, 6.45) is -0.772. The second-order valence-corrected chi connectivity index (χ2v) is 6.11. The summed E-state index contributed by atoms with van der Waals surface area (Å²) in [5.41, 5.74) is 0.585. The van der Waals surface area contributed by atoms with Gasteiger partial charge in [0.05, 0.1) is 18.6 Å². The summed E-state index contributed by atoms with van der Waals surface area (Å²) < 4.78 is 6.11. The molecule has 0 fully saturated rings. The van der Waals surface area contributed by atoms with Gasteiger partial charge in [0, 0.05) is 10.0 Å². The Labute approximate surface area is 121 Å². The first-order chi connectivity index (χ1) is 8.69. The molecule has 1 aromatic carbocycles. The van der Waals surface area contributed by atoms with Crippen LogP contribution >= 0.6 is 15.9 Å². The standard InChI is InChI=1S/C14H19BrO4/c1-8-5-12(19-4)9(6-10(8)15)11(16)7-14(2,3)13(17)18/h5-6,11,16H,7H2,1-4H3,(H,17,18). The van der Waals surface area contributed by atoms with Crippen LogP contribution in [0, 0.1) is 12.3 Å². The molecule has 5 heteroatoms. The minimum absolute atomic E-state index is 0.119. The van der Waals surface area contributed by atoms with Crippen LogP contribution in [0.15, 0.2) is 16.6 Å². The number of aliphatic hydroxyl groups excluding tert-OH is 1. The smallest absolute Gasteiger partial charge is 0.309 e. The van der Waals surface area contributed by atoms with Crippen LogP contribution in [0.2, 0.25) is 0 Å². The number of hydrogen-bond acceptors (Lipinski definition) is 3. The molecule has 2 N–H and O–H groups in total. The highest BCUT2D eigenvalue weighted by atomic mass is 79.9. The van der Waals surface area contributed by atoms with E-state index in [-0.39, 0.29) is 6.42 Å². The van der Waals surface area contributed by atoms with Crippen LogP contribution in [0.3, 0.4) is 0 Å². The van der Waals surface area contributed by atoms with Crippen molar-refractivity contribution in [3.8, 4) is 5.75 Å². The van der Waals surface area contributed by atoms with Crippen LogP contribution in [-0.4, -0.2) is 23.3 Å². The van der Waals surface area contributed by atoms with E-state index >= 15 is 0 Å². The number of aliphatic hydroxyl groups is 1. The van der Waals surface area contributed by atoms with Crippen molar-refractivity contribution < 1.29 is 19.7 Å². The highest BCUT2D eigenvalue weighted by molar-refractivity contribution is 9.10. The minimum Gasteiger partial charge on any atom is -0.496 e. The van der Waals surface area contributed by atoms with Gasteiger partial charge in [0.2, 0.25) is 0 Å². The maximum atomic E-state index is 11.1. The number of benzene rings is 1. The molecule has 0 spiro atoms. The quantitative estimate of drug-likeness (QED) is 0.869. The maximum Gasteiger partial charge on any atom is 0.309 e. The Morgan fingerprint density at radius 3 is 2.53 bits per heavy atom. The molecule has 0 aliphatic rings. The van der Waals surface area contributed by atoms with E-state index in [9.17, 15) is 9.90 Å². The molecule has 0 heterocycles. The van der Waals surface area contributed by atoms with Gasteiger partial charge in [-0.2, -0.15) is 0 Å². The number of ether oxygens (including phenoxy) is 1. The van der Waals surface area contributed by atoms with Crippen LogP contribution in [-0.2, 0) is 4.79 Å². The lowest BCUT2D eigenvalue weighted by Crippen LogP contribution is -2.26. The average molecular weight is 331 g/mol. The van der Waals surface area contributed by atoms with Crippen molar-refractivity contribution in [2.75, 3.05) is 7.11 Å². The monoisotopic (exact) mass is 330 g/mol. The molecule has 19 heavy (non-hydrogen) atoms. The third-order valence-corrected chi connectivity index (χ3v) is 4.01. The molecule has 0 radical (unpaired) electrons. The van der Waals surface area contributed by atoms with E-state index in [0.717, 1.165) is 10.0 Å². The fraction of sp³-hybridized carbons (Fsp3) is 0.500. The average Bonchev–Trinajstić information content (AvgIpc) is 2.31. The van der Waals surface area contributed by atoms with Gasteiger partial charge in [0.25, 0.3) is 0 Å². The Bertz CT molecular complexity index is 483. The van der Waals surface area contributed by atoms with Crippen molar-refractivity contribution in [3.05, 3.63) is 27.7 Å². The van der Waals surface area contributed by atoms with Gasteiger partial charge in [-0.3, -0.25) is 4.79 Å². The van der Waals surface area contributed by atoms with E-state index < -0.39 is 17.5 Å². The van der Waals surface area contributed by atoms with E-state index in [2.05, 4.69) is 15.9 Å². The number of halogens is 1. The molecule has 1 atom stereocenters. The molecule has 1 rings (SSSR count). The van der Waals surface area contributed by atoms with E-state index in [4.69, 9.17) is 9.84 Å². The summed E-state index contributed by atoms with van der Waals surface area (Å²) in [6, 6.07) is 3.59. The highest BCUT2D eigenvalue weighted by Crippen LogP contribution is 2.37. The number of rotatable bonds is 5. The van der Waals surface area contributed by atoms with Gasteiger partial charge in [-0.05, 0) is 44.9 Å². The lowest BCUT2D eigenvalue weighted by molar-refractivity contribution is -0.148. The number of aryl methyl sites for hydroxylation is 1. The van der Waals surface area contributed by atoms with Crippen LogP contribution in [0.4, 0.5) is 0 Å². The zero-order valence-corrected chi connectivity index (χ0v) is 13.1. The summed E-state index contributed by atoms with van der Waals surface area (Å²) in [4.78, 5) is 11.1. The molecule has 0 aliphatic carbocycles. The Morgan fingerprint density at radius 2 is 2.05 bits per heavy atom. The number of methoxy groups -OCH3 is 1. The largest absolute Gasteiger partial charge is 0.496 e. The minimum atomic E-state index is -0.998. The molecule has 1 unspecified atom stereocenters. The van der Waals surface area contributed by atoms with E-state index in [1.54, 1.807) is 19.9 Å². The third-order valence-electron chi connectivity index (χ3n) is 3.15. The van der Waals surface area contributed by atoms with Crippen LogP contribution in [0.1, 0.15) is 37.5 Å². The maximum absolute atomic E-state index is 11.1. The number of carboxylic acid groups (broad SMARTS) is 1. The van der Waals surface area contributed by atoms with Crippen molar-refractivity contribution in [1.29, 1.82) is 0 Å². The Balaban J connectivity index is 3.09. The molecular formula is C14H19BrO4. The van der Waals surface area contributed by atoms with Gasteiger partial charge in [-0.25, -0.2) is 0 Å². The fourth-order valence-corrected chi connectivity index (χ4v) is 2.15. The van der Waals surface area contributed by atoms with Crippen molar-refractivity contribution in [1.82, 2.24) is 0 Å². The third kappa shape index (κ3) is 3.70. The Kier molecular flexibility index (Phi) is 4.98. The summed E-state index contributed by atoms with van der Waals surface area (Å²) in [6.45, 7) is 5.10. The summed E-state index contributed by atoms with van der Waals surface area (Å²) in [5, 5.41) is 19.4. The highest BCUT2D eigenvalue weighted by Gasteiger charge is 2.31. The molecule has 0 saturated carbocycles. The summed E-state index contributed by atoms with van der Waals surface area (Å²) in [7, 11) is 1.53. The van der Waals surface area contributed by atoms with Crippen LogP contribution in [0.5, 0.6) is 5.75 Å². The van der Waals surface area contributed by atoms with Crippen molar-refractivity contribution in [2.45, 2.75) is 33.3 Å². The van der Waals surface area contributed by atoms with E-state index in [1.807, 2.05) is 13.0 Å². The number of hydrogen-bond donors (Lipinski definition) is 2. The lowest BCUT2D eigenvalue weighted by atomic mass is 9.84. The van der Waals surface area contributed by atoms with Crippen LogP contribution in [0.25, 0.3) is 0 Å². The van der Waals surface area contributed by atoms with Gasteiger partial charge in [0.1, 0.15) is 5.75 Å². The van der Waals surface area contributed by atoms with Gasteiger partial charge >= 0.3 is 5.97 Å². The first-order valence-electron chi connectivity index (χ1n) is 5.94. The zero-order chi connectivity index (χ0) is 14.8. The molecular weight excluding hydrogens is 312 g/mol. The van der Waals surface area contributed by atoms with Gasteiger partial charge in [0.15, 0.2) is 0 Å². The topological polar surface area (TPSA) is 66.8 Å². The molecule has 0 bridgehead atoms. The van der Waals surface area contributed by atoms with E-state index in [0.29, 0.717) is 11.3 Å². The Hall–Kier alpha value is -1.07. The molecule has 0 saturated heterocycles. The molecule has 0 amide bonds. The van der Waals surface area contributed by atoms with Gasteiger partial charge < -0.3 is 14.9 Å². The van der Waals surface area contributed by atoms with Crippen LogP contribution < -0.4 is 4.74 Å². The normalized spacial score (nSPS) is 13.2. The van der Waals surface area contributed by atoms with Gasteiger partial charge in [-0.1, -0.05) is 15.9 Å². The SMILES string of the molecule is COc1cc(C)c(Br)cc1C(O)CC(C)(C)C(=O)O. The fourth-order valence-electron chi connectivity index (χ4n) is 1.79. The number of carboxylic acids is 1. The molecule has 4 nitrogen and oxygen atoms in total.